The molecule has 4 nitrogen and oxygen atoms in total. The Balaban J connectivity index is 1.91. The van der Waals surface area contributed by atoms with Gasteiger partial charge in [0, 0.05) is 13.1 Å². The van der Waals surface area contributed by atoms with E-state index in [4.69, 9.17) is 4.74 Å². The van der Waals surface area contributed by atoms with Crippen LogP contribution in [0.25, 0.3) is 0 Å². The van der Waals surface area contributed by atoms with Gasteiger partial charge in [0.25, 0.3) is 10.0 Å². The molecule has 0 saturated carbocycles. The van der Waals surface area contributed by atoms with Crippen molar-refractivity contribution in [3.05, 3.63) is 65.7 Å². The highest BCUT2D eigenvalue weighted by atomic mass is 32.2. The van der Waals surface area contributed by atoms with E-state index in [0.29, 0.717) is 6.61 Å². The van der Waals surface area contributed by atoms with Gasteiger partial charge in [-0.25, -0.2) is 12.7 Å². The van der Waals surface area contributed by atoms with Gasteiger partial charge in [-0.3, -0.25) is 0 Å². The van der Waals surface area contributed by atoms with Crippen LogP contribution in [-0.4, -0.2) is 26.4 Å². The molecule has 0 heterocycles. The highest BCUT2D eigenvalue weighted by Gasteiger charge is 2.17. The lowest BCUT2D eigenvalue weighted by Crippen LogP contribution is -2.22. The Morgan fingerprint density at radius 2 is 1.70 bits per heavy atom. The Kier molecular flexibility index (Phi) is 5.80. The van der Waals surface area contributed by atoms with E-state index >= 15 is 0 Å². The van der Waals surface area contributed by atoms with Crippen LogP contribution >= 0.6 is 0 Å². The summed E-state index contributed by atoms with van der Waals surface area (Å²) in [6.45, 7) is 2.52. The molecule has 2 aromatic carbocycles. The van der Waals surface area contributed by atoms with Crippen molar-refractivity contribution in [2.24, 2.45) is 0 Å². The van der Waals surface area contributed by atoms with E-state index in [2.05, 4.69) is 12.0 Å². The van der Waals surface area contributed by atoms with Gasteiger partial charge in [0.15, 0.2) is 0 Å². The van der Waals surface area contributed by atoms with E-state index in [-0.39, 0.29) is 11.5 Å². The van der Waals surface area contributed by atoms with E-state index in [1.165, 1.54) is 7.05 Å². The molecule has 2 rings (SSSR count). The van der Waals surface area contributed by atoms with Gasteiger partial charge in [0.05, 0.1) is 11.5 Å². The van der Waals surface area contributed by atoms with Crippen molar-refractivity contribution < 1.29 is 13.2 Å². The first-order chi connectivity index (χ1) is 11.0. The van der Waals surface area contributed by atoms with Crippen LogP contribution < -0.4 is 0 Å². The van der Waals surface area contributed by atoms with Crippen LogP contribution in [0.2, 0.25) is 0 Å². The summed E-state index contributed by atoms with van der Waals surface area (Å²) in [7, 11) is -2.16. The highest BCUT2D eigenvalue weighted by molar-refractivity contribution is 7.89. The second kappa shape index (κ2) is 7.82. The third-order valence-corrected chi connectivity index (χ3v) is 4.88. The zero-order valence-electron chi connectivity index (χ0n) is 13.2. The van der Waals surface area contributed by atoms with Gasteiger partial charge in [-0.2, -0.15) is 0 Å². The SMILES string of the molecule is Cc1ccc(S(=O)(=O)N(C)C#CCOCc2ccccc2)cc1. The summed E-state index contributed by atoms with van der Waals surface area (Å²) in [6.07, 6.45) is 0. The average molecular weight is 329 g/mol. The molecule has 0 bridgehead atoms. The molecule has 120 valence electrons. The number of hydrogen-bond donors (Lipinski definition) is 0. The van der Waals surface area contributed by atoms with Gasteiger partial charge in [-0.15, -0.1) is 0 Å². The second-order valence-electron chi connectivity index (χ2n) is 5.05. The van der Waals surface area contributed by atoms with Crippen molar-refractivity contribution >= 4 is 10.0 Å². The van der Waals surface area contributed by atoms with Crippen LogP contribution in [0, 0.1) is 18.9 Å². The fraction of sp³-hybridized carbons (Fsp3) is 0.222. The predicted octanol–water partition coefficient (Wildman–Crippen LogP) is 2.79. The maximum absolute atomic E-state index is 12.3. The molecule has 0 fully saturated rings. The molecule has 23 heavy (non-hydrogen) atoms. The van der Waals surface area contributed by atoms with E-state index in [1.807, 2.05) is 37.3 Å². The van der Waals surface area contributed by atoms with Crippen LogP contribution in [0.4, 0.5) is 0 Å². The van der Waals surface area contributed by atoms with Crippen molar-refractivity contribution in [1.29, 1.82) is 0 Å². The van der Waals surface area contributed by atoms with Crippen molar-refractivity contribution in [1.82, 2.24) is 4.31 Å². The molecule has 0 amide bonds. The van der Waals surface area contributed by atoms with Gasteiger partial charge in [0.2, 0.25) is 0 Å². The standard InChI is InChI=1S/C18H19NO3S/c1-16-9-11-18(12-10-16)23(20,21)19(2)13-6-14-22-15-17-7-4-3-5-8-17/h3-5,7-12H,14-15H2,1-2H3. The zero-order chi connectivity index (χ0) is 16.7. The Morgan fingerprint density at radius 1 is 1.04 bits per heavy atom. The molecule has 0 spiro atoms. The fourth-order valence-electron chi connectivity index (χ4n) is 1.87. The van der Waals surface area contributed by atoms with E-state index in [1.54, 1.807) is 24.3 Å². The summed E-state index contributed by atoms with van der Waals surface area (Å²) in [6, 6.07) is 19.0. The molecular formula is C18H19NO3S. The molecule has 0 N–H and O–H groups in total. The lowest BCUT2D eigenvalue weighted by Gasteiger charge is -2.12. The summed E-state index contributed by atoms with van der Waals surface area (Å²) >= 11 is 0. The molecule has 0 aliphatic carbocycles. The number of sulfonamides is 1. The number of ether oxygens (including phenoxy) is 1. The van der Waals surface area contributed by atoms with Gasteiger partial charge in [0.1, 0.15) is 6.61 Å². The third-order valence-electron chi connectivity index (χ3n) is 3.20. The van der Waals surface area contributed by atoms with Crippen molar-refractivity contribution in [3.63, 3.8) is 0 Å². The van der Waals surface area contributed by atoms with Crippen molar-refractivity contribution in [2.45, 2.75) is 18.4 Å². The topological polar surface area (TPSA) is 46.6 Å². The minimum absolute atomic E-state index is 0.169. The molecule has 0 aromatic heterocycles. The van der Waals surface area contributed by atoms with Crippen LogP contribution in [-0.2, 0) is 21.4 Å². The zero-order valence-corrected chi connectivity index (χ0v) is 14.0. The molecule has 0 atom stereocenters. The first kappa shape index (κ1) is 17.1. The Morgan fingerprint density at radius 3 is 2.35 bits per heavy atom. The summed E-state index contributed by atoms with van der Waals surface area (Å²) in [5.74, 6) is 2.72. The molecule has 2 aromatic rings. The Labute approximate surface area is 137 Å². The van der Waals surface area contributed by atoms with Crippen LogP contribution in [0.15, 0.2) is 59.5 Å². The molecule has 0 radical (unpaired) electrons. The van der Waals surface area contributed by atoms with Gasteiger partial charge in [-0.1, -0.05) is 53.9 Å². The normalized spacial score (nSPS) is 10.7. The maximum Gasteiger partial charge on any atom is 0.270 e. The molecule has 5 heteroatoms. The smallest absolute Gasteiger partial charge is 0.270 e. The predicted molar refractivity (Wildman–Crippen MR) is 90.0 cm³/mol. The largest absolute Gasteiger partial charge is 0.364 e. The highest BCUT2D eigenvalue weighted by Crippen LogP contribution is 2.14. The number of benzene rings is 2. The number of rotatable bonds is 5. The fourth-order valence-corrected chi connectivity index (χ4v) is 2.85. The lowest BCUT2D eigenvalue weighted by molar-refractivity contribution is 0.153. The maximum atomic E-state index is 12.3. The van der Waals surface area contributed by atoms with Crippen molar-refractivity contribution in [2.75, 3.05) is 13.7 Å². The van der Waals surface area contributed by atoms with E-state index in [0.717, 1.165) is 15.4 Å². The van der Waals surface area contributed by atoms with Gasteiger partial charge >= 0.3 is 0 Å². The van der Waals surface area contributed by atoms with Gasteiger partial charge < -0.3 is 4.74 Å². The average Bonchev–Trinajstić information content (AvgIpc) is 2.55. The van der Waals surface area contributed by atoms with Crippen LogP contribution in [0.3, 0.4) is 0 Å². The van der Waals surface area contributed by atoms with Gasteiger partial charge in [-0.05, 0) is 24.6 Å². The third kappa shape index (κ3) is 4.85. The summed E-state index contributed by atoms with van der Waals surface area (Å²) in [5, 5.41) is 0. The Hall–Kier alpha value is -2.29. The summed E-state index contributed by atoms with van der Waals surface area (Å²) < 4.78 is 31.0. The first-order valence-corrected chi connectivity index (χ1v) is 8.60. The van der Waals surface area contributed by atoms with Crippen LogP contribution in [0.5, 0.6) is 0 Å². The minimum Gasteiger partial charge on any atom is -0.364 e. The second-order valence-corrected chi connectivity index (χ2v) is 7.02. The monoisotopic (exact) mass is 329 g/mol. The quantitative estimate of drug-likeness (QED) is 0.481. The molecule has 0 unspecified atom stereocenters. The van der Waals surface area contributed by atoms with E-state index < -0.39 is 10.0 Å². The van der Waals surface area contributed by atoms with E-state index in [9.17, 15) is 8.42 Å². The van der Waals surface area contributed by atoms with Crippen LogP contribution in [0.1, 0.15) is 11.1 Å². The number of nitrogens with zero attached hydrogens (tertiary/aromatic N) is 1. The minimum atomic E-state index is -3.59. The first-order valence-electron chi connectivity index (χ1n) is 7.16. The number of aryl methyl sites for hydroxylation is 1. The molecule has 0 aliphatic heterocycles. The summed E-state index contributed by atoms with van der Waals surface area (Å²) in [4.78, 5) is 0.227. The molecular weight excluding hydrogens is 310 g/mol. The van der Waals surface area contributed by atoms with Crippen molar-refractivity contribution in [3.8, 4) is 12.0 Å². The number of hydrogen-bond acceptors (Lipinski definition) is 3. The molecule has 0 saturated heterocycles. The lowest BCUT2D eigenvalue weighted by atomic mass is 10.2. The Bertz CT molecular complexity index is 788. The molecule has 0 aliphatic rings. The summed E-state index contributed by atoms with van der Waals surface area (Å²) in [5.41, 5.74) is 2.06.